The molecule has 0 aliphatic heterocycles. The summed E-state index contributed by atoms with van der Waals surface area (Å²) in [4.78, 5) is 15.6. The highest BCUT2D eigenvalue weighted by Gasteiger charge is 2.18. The van der Waals surface area contributed by atoms with Crippen LogP contribution in [0.2, 0.25) is 0 Å². The van der Waals surface area contributed by atoms with Crippen LogP contribution in [0.25, 0.3) is 10.9 Å². The fraction of sp³-hybridized carbons (Fsp3) is 0.286. The number of aromatic nitrogens is 1. The molecule has 0 atom stereocenters. The van der Waals surface area contributed by atoms with Crippen LogP contribution in [0.3, 0.4) is 0 Å². The number of fused-ring (bicyclic) bond motifs is 1. The fourth-order valence-electron chi connectivity index (χ4n) is 1.89. The highest BCUT2D eigenvalue weighted by atomic mass is 19.1. The Kier molecular flexibility index (Phi) is 4.02. The summed E-state index contributed by atoms with van der Waals surface area (Å²) in [6.07, 6.45) is 0. The number of carbonyl (C=O) groups is 1. The normalized spacial score (nSPS) is 10.4. The predicted molar refractivity (Wildman–Crippen MR) is 70.8 cm³/mol. The van der Waals surface area contributed by atoms with E-state index in [9.17, 15) is 9.18 Å². The molecule has 6 heteroatoms. The van der Waals surface area contributed by atoms with E-state index in [2.05, 4.69) is 9.72 Å². The maximum atomic E-state index is 13.9. The number of esters is 1. The molecule has 2 aromatic rings. The van der Waals surface area contributed by atoms with Gasteiger partial charge in [-0.3, -0.25) is 0 Å². The molecule has 2 rings (SSSR count). The van der Waals surface area contributed by atoms with Gasteiger partial charge in [0.2, 0.25) is 0 Å². The number of rotatable bonds is 4. The summed E-state index contributed by atoms with van der Waals surface area (Å²) in [6, 6.07) is 4.13. The van der Waals surface area contributed by atoms with Gasteiger partial charge in [0, 0.05) is 6.07 Å². The molecular formula is C14H14FNO4. The molecule has 0 unspecified atom stereocenters. The Morgan fingerprint density at radius 1 is 1.30 bits per heavy atom. The van der Waals surface area contributed by atoms with Crippen molar-refractivity contribution in [3.05, 3.63) is 29.7 Å². The zero-order valence-electron chi connectivity index (χ0n) is 11.4. The van der Waals surface area contributed by atoms with Crippen molar-refractivity contribution in [2.45, 2.75) is 6.92 Å². The van der Waals surface area contributed by atoms with E-state index in [1.807, 2.05) is 0 Å². The second-order valence-electron chi connectivity index (χ2n) is 3.90. The molecule has 0 fully saturated rings. The number of halogens is 1. The molecule has 5 nitrogen and oxygen atoms in total. The lowest BCUT2D eigenvalue weighted by atomic mass is 10.1. The SMILES string of the molecule is CCOc1cc(C(=O)OC)nc2c(F)ccc(OC)c12. The Morgan fingerprint density at radius 3 is 2.65 bits per heavy atom. The van der Waals surface area contributed by atoms with E-state index in [0.717, 1.165) is 0 Å². The van der Waals surface area contributed by atoms with Crippen LogP contribution in [-0.2, 0) is 4.74 Å². The Labute approximate surface area is 115 Å². The first-order chi connectivity index (χ1) is 9.62. The highest BCUT2D eigenvalue weighted by molar-refractivity contribution is 5.97. The summed E-state index contributed by atoms with van der Waals surface area (Å²) in [7, 11) is 2.70. The van der Waals surface area contributed by atoms with Gasteiger partial charge in [0.25, 0.3) is 0 Å². The van der Waals surface area contributed by atoms with Crippen molar-refractivity contribution in [2.24, 2.45) is 0 Å². The van der Waals surface area contributed by atoms with Gasteiger partial charge in [0.1, 0.15) is 22.8 Å². The van der Waals surface area contributed by atoms with Crippen LogP contribution < -0.4 is 9.47 Å². The van der Waals surface area contributed by atoms with Crippen molar-refractivity contribution in [2.75, 3.05) is 20.8 Å². The molecular weight excluding hydrogens is 265 g/mol. The van der Waals surface area contributed by atoms with Crippen LogP contribution in [0.15, 0.2) is 18.2 Å². The molecule has 1 aromatic heterocycles. The van der Waals surface area contributed by atoms with Crippen molar-refractivity contribution in [1.82, 2.24) is 4.98 Å². The average Bonchev–Trinajstić information content (AvgIpc) is 2.47. The van der Waals surface area contributed by atoms with E-state index >= 15 is 0 Å². The standard InChI is InChI=1S/C14H14FNO4/c1-4-20-11-7-9(14(17)19-3)16-13-8(15)5-6-10(18-2)12(11)13/h5-7H,4H2,1-3H3. The van der Waals surface area contributed by atoms with Gasteiger partial charge >= 0.3 is 5.97 Å². The smallest absolute Gasteiger partial charge is 0.356 e. The number of benzene rings is 1. The number of methoxy groups -OCH3 is 2. The minimum Gasteiger partial charge on any atom is -0.496 e. The molecule has 20 heavy (non-hydrogen) atoms. The van der Waals surface area contributed by atoms with Crippen molar-refractivity contribution >= 4 is 16.9 Å². The Morgan fingerprint density at radius 2 is 2.05 bits per heavy atom. The molecule has 0 radical (unpaired) electrons. The quantitative estimate of drug-likeness (QED) is 0.805. The largest absolute Gasteiger partial charge is 0.496 e. The van der Waals surface area contributed by atoms with Gasteiger partial charge in [0.05, 0.1) is 26.2 Å². The second-order valence-corrected chi connectivity index (χ2v) is 3.90. The van der Waals surface area contributed by atoms with Crippen LogP contribution in [0.4, 0.5) is 4.39 Å². The first-order valence-corrected chi connectivity index (χ1v) is 6.00. The third-order valence-corrected chi connectivity index (χ3v) is 2.75. The lowest BCUT2D eigenvalue weighted by Crippen LogP contribution is -2.07. The molecule has 0 aliphatic rings. The molecule has 0 amide bonds. The first kappa shape index (κ1) is 14.0. The van der Waals surface area contributed by atoms with Crippen LogP contribution in [0.5, 0.6) is 11.5 Å². The minimum atomic E-state index is -0.657. The molecule has 1 aromatic carbocycles. The number of hydrogen-bond donors (Lipinski definition) is 0. The molecule has 0 aliphatic carbocycles. The predicted octanol–water partition coefficient (Wildman–Crippen LogP) is 2.57. The lowest BCUT2D eigenvalue weighted by molar-refractivity contribution is 0.0594. The number of nitrogens with zero attached hydrogens (tertiary/aromatic N) is 1. The van der Waals surface area contributed by atoms with Gasteiger partial charge in [-0.2, -0.15) is 0 Å². The van der Waals surface area contributed by atoms with Gasteiger partial charge in [-0.25, -0.2) is 14.2 Å². The summed E-state index contributed by atoms with van der Waals surface area (Å²) < 4.78 is 29.2. The van der Waals surface area contributed by atoms with Crippen LogP contribution in [0.1, 0.15) is 17.4 Å². The van der Waals surface area contributed by atoms with E-state index in [1.165, 1.54) is 32.4 Å². The van der Waals surface area contributed by atoms with Crippen LogP contribution >= 0.6 is 0 Å². The van der Waals surface area contributed by atoms with Crippen LogP contribution in [-0.4, -0.2) is 31.8 Å². The third kappa shape index (κ3) is 2.36. The summed E-state index contributed by atoms with van der Waals surface area (Å²) in [5, 5.41) is 0.391. The summed E-state index contributed by atoms with van der Waals surface area (Å²) in [6.45, 7) is 2.15. The third-order valence-electron chi connectivity index (χ3n) is 2.75. The lowest BCUT2D eigenvalue weighted by Gasteiger charge is -2.12. The van der Waals surface area contributed by atoms with E-state index in [0.29, 0.717) is 23.5 Å². The Balaban J connectivity index is 2.80. The zero-order chi connectivity index (χ0) is 14.7. The van der Waals surface area contributed by atoms with Crippen molar-refractivity contribution < 1.29 is 23.4 Å². The summed E-state index contributed by atoms with van der Waals surface area (Å²) >= 11 is 0. The molecule has 0 saturated carbocycles. The van der Waals surface area contributed by atoms with E-state index in [-0.39, 0.29) is 11.2 Å². The van der Waals surface area contributed by atoms with Crippen molar-refractivity contribution in [3.63, 3.8) is 0 Å². The monoisotopic (exact) mass is 279 g/mol. The van der Waals surface area contributed by atoms with Crippen LogP contribution in [0, 0.1) is 5.82 Å². The number of pyridine rings is 1. The summed E-state index contributed by atoms with van der Waals surface area (Å²) in [5.41, 5.74) is -0.00805. The number of ether oxygens (including phenoxy) is 3. The van der Waals surface area contributed by atoms with Crippen molar-refractivity contribution in [1.29, 1.82) is 0 Å². The van der Waals surface area contributed by atoms with E-state index < -0.39 is 11.8 Å². The average molecular weight is 279 g/mol. The van der Waals surface area contributed by atoms with Gasteiger partial charge in [-0.15, -0.1) is 0 Å². The second kappa shape index (κ2) is 5.73. The first-order valence-electron chi connectivity index (χ1n) is 6.00. The minimum absolute atomic E-state index is 0.00991. The van der Waals surface area contributed by atoms with Gasteiger partial charge < -0.3 is 14.2 Å². The maximum absolute atomic E-state index is 13.9. The van der Waals surface area contributed by atoms with Crippen molar-refractivity contribution in [3.8, 4) is 11.5 Å². The molecule has 0 bridgehead atoms. The number of carbonyl (C=O) groups excluding carboxylic acids is 1. The topological polar surface area (TPSA) is 57.7 Å². The van der Waals surface area contributed by atoms with E-state index in [4.69, 9.17) is 9.47 Å². The zero-order valence-corrected chi connectivity index (χ0v) is 11.4. The Bertz CT molecular complexity index is 657. The molecule has 0 spiro atoms. The number of hydrogen-bond acceptors (Lipinski definition) is 5. The molecule has 0 N–H and O–H groups in total. The Hall–Kier alpha value is -2.37. The van der Waals surface area contributed by atoms with Gasteiger partial charge in [0.15, 0.2) is 5.69 Å². The van der Waals surface area contributed by atoms with Gasteiger partial charge in [-0.1, -0.05) is 0 Å². The van der Waals surface area contributed by atoms with E-state index in [1.54, 1.807) is 6.92 Å². The highest BCUT2D eigenvalue weighted by Crippen LogP contribution is 2.35. The molecule has 106 valence electrons. The van der Waals surface area contributed by atoms with Gasteiger partial charge in [-0.05, 0) is 19.1 Å². The fourth-order valence-corrected chi connectivity index (χ4v) is 1.89. The molecule has 0 saturated heterocycles. The summed E-state index contributed by atoms with van der Waals surface area (Å²) in [5.74, 6) is -0.467. The maximum Gasteiger partial charge on any atom is 0.356 e. The molecule has 1 heterocycles.